The van der Waals surface area contributed by atoms with E-state index in [0.717, 1.165) is 5.56 Å². The van der Waals surface area contributed by atoms with Crippen molar-refractivity contribution >= 4 is 28.8 Å². The van der Waals surface area contributed by atoms with E-state index < -0.39 is 5.97 Å². The fraction of sp³-hybridized carbons (Fsp3) is 0.263. The average molecular weight is 368 g/mol. The number of carbonyl (C=O) groups is 2. The maximum atomic E-state index is 12.1. The molecular formula is C19H20N4O4. The highest BCUT2D eigenvalue weighted by Crippen LogP contribution is 2.29. The molecule has 2 heterocycles. The van der Waals surface area contributed by atoms with E-state index in [4.69, 9.17) is 4.74 Å². The van der Waals surface area contributed by atoms with Crippen molar-refractivity contribution in [3.8, 4) is 5.75 Å². The summed E-state index contributed by atoms with van der Waals surface area (Å²) < 4.78 is 6.54. The predicted molar refractivity (Wildman–Crippen MR) is 99.5 cm³/mol. The molecule has 0 aliphatic heterocycles. The summed E-state index contributed by atoms with van der Waals surface area (Å²) in [4.78, 5) is 28.4. The van der Waals surface area contributed by atoms with Crippen molar-refractivity contribution in [3.05, 3.63) is 47.4 Å². The van der Waals surface area contributed by atoms with Crippen LogP contribution in [0, 0.1) is 6.92 Å². The molecule has 0 radical (unpaired) electrons. The van der Waals surface area contributed by atoms with Gasteiger partial charge >= 0.3 is 5.97 Å². The standard InChI is InChI=1S/C19H20N4O4/c1-4-27-17(26)8-14-15(12(3)24)9-23-18(14)19(20-10-21-23)22-13-6-5-11(2)16(25)7-13/h5-7,9-10,25H,4,8H2,1-3H3,(H,20,21,22). The smallest absolute Gasteiger partial charge is 0.310 e. The summed E-state index contributed by atoms with van der Waals surface area (Å²) in [6.45, 7) is 5.21. The van der Waals surface area contributed by atoms with Crippen LogP contribution in [0.2, 0.25) is 0 Å². The molecule has 2 N–H and O–H groups in total. The van der Waals surface area contributed by atoms with Crippen molar-refractivity contribution in [2.45, 2.75) is 27.2 Å². The monoisotopic (exact) mass is 368 g/mol. The Morgan fingerprint density at radius 2 is 2.11 bits per heavy atom. The van der Waals surface area contributed by atoms with Crippen LogP contribution in [-0.4, -0.2) is 38.1 Å². The van der Waals surface area contributed by atoms with Crippen molar-refractivity contribution in [3.63, 3.8) is 0 Å². The Bertz CT molecular complexity index is 1030. The Morgan fingerprint density at radius 3 is 2.78 bits per heavy atom. The van der Waals surface area contributed by atoms with Crippen molar-refractivity contribution in [2.24, 2.45) is 0 Å². The lowest BCUT2D eigenvalue weighted by atomic mass is 10.1. The number of aromatic hydroxyl groups is 1. The van der Waals surface area contributed by atoms with E-state index in [1.165, 1.54) is 17.8 Å². The molecule has 3 aromatic rings. The van der Waals surface area contributed by atoms with Crippen LogP contribution in [0.5, 0.6) is 5.75 Å². The number of phenolic OH excluding ortho intramolecular Hbond substituents is 1. The van der Waals surface area contributed by atoms with Gasteiger partial charge in [0.2, 0.25) is 0 Å². The Morgan fingerprint density at radius 1 is 1.33 bits per heavy atom. The molecule has 1 aromatic carbocycles. The van der Waals surface area contributed by atoms with Gasteiger partial charge in [0.1, 0.15) is 17.6 Å². The summed E-state index contributed by atoms with van der Waals surface area (Å²) in [5.41, 5.74) is 2.76. The predicted octanol–water partition coefficient (Wildman–Crippen LogP) is 2.80. The Labute approximate surface area is 155 Å². The SMILES string of the molecule is CCOC(=O)Cc1c(C(C)=O)cn2ncnc(Nc3ccc(C)c(O)c3)c12. The van der Waals surface area contributed by atoms with Crippen LogP contribution >= 0.6 is 0 Å². The lowest BCUT2D eigenvalue weighted by Gasteiger charge is -2.10. The van der Waals surface area contributed by atoms with Gasteiger partial charge in [-0.3, -0.25) is 9.59 Å². The van der Waals surface area contributed by atoms with Crippen LogP contribution in [0.25, 0.3) is 5.52 Å². The molecule has 0 unspecified atom stereocenters. The fourth-order valence-electron chi connectivity index (χ4n) is 2.83. The molecule has 27 heavy (non-hydrogen) atoms. The molecular weight excluding hydrogens is 348 g/mol. The number of phenols is 1. The number of hydrogen-bond acceptors (Lipinski definition) is 7. The van der Waals surface area contributed by atoms with Crippen LogP contribution in [0.4, 0.5) is 11.5 Å². The maximum Gasteiger partial charge on any atom is 0.310 e. The minimum Gasteiger partial charge on any atom is -0.508 e. The number of benzene rings is 1. The topological polar surface area (TPSA) is 106 Å². The summed E-state index contributed by atoms with van der Waals surface area (Å²) in [5.74, 6) is -0.0497. The van der Waals surface area contributed by atoms with Gasteiger partial charge in [-0.1, -0.05) is 6.07 Å². The second-order valence-electron chi connectivity index (χ2n) is 6.09. The van der Waals surface area contributed by atoms with Crippen molar-refractivity contribution in [1.29, 1.82) is 0 Å². The zero-order chi connectivity index (χ0) is 19.6. The van der Waals surface area contributed by atoms with Crippen LogP contribution in [-0.2, 0) is 16.0 Å². The van der Waals surface area contributed by atoms with Gasteiger partial charge in [0, 0.05) is 29.1 Å². The summed E-state index contributed by atoms with van der Waals surface area (Å²) in [5, 5.41) is 17.2. The zero-order valence-electron chi connectivity index (χ0n) is 15.3. The number of ketones is 1. The molecule has 0 spiro atoms. The van der Waals surface area contributed by atoms with Crippen molar-refractivity contribution in [2.75, 3.05) is 11.9 Å². The lowest BCUT2D eigenvalue weighted by molar-refractivity contribution is -0.142. The number of nitrogens with zero attached hydrogens (tertiary/aromatic N) is 3. The third-order valence-electron chi connectivity index (χ3n) is 4.16. The third kappa shape index (κ3) is 3.74. The zero-order valence-corrected chi connectivity index (χ0v) is 15.3. The molecule has 0 saturated carbocycles. The Kier molecular flexibility index (Phi) is 5.07. The van der Waals surface area contributed by atoms with E-state index in [9.17, 15) is 14.7 Å². The Balaban J connectivity index is 2.11. The summed E-state index contributed by atoms with van der Waals surface area (Å²) >= 11 is 0. The van der Waals surface area contributed by atoms with Gasteiger partial charge in [0.15, 0.2) is 11.6 Å². The van der Waals surface area contributed by atoms with Gasteiger partial charge in [-0.25, -0.2) is 9.50 Å². The summed E-state index contributed by atoms with van der Waals surface area (Å²) in [7, 11) is 0. The first-order chi connectivity index (χ1) is 12.9. The molecule has 8 heteroatoms. The maximum absolute atomic E-state index is 12.1. The molecule has 0 bridgehead atoms. The molecule has 8 nitrogen and oxygen atoms in total. The average Bonchev–Trinajstić information content (AvgIpc) is 2.98. The number of ether oxygens (including phenoxy) is 1. The second-order valence-corrected chi connectivity index (χ2v) is 6.09. The molecule has 140 valence electrons. The quantitative estimate of drug-likeness (QED) is 0.509. The summed E-state index contributed by atoms with van der Waals surface area (Å²) in [6.07, 6.45) is 2.85. The first-order valence-corrected chi connectivity index (χ1v) is 8.49. The number of Topliss-reactive ketones (excluding diaryl/α,β-unsaturated/α-hetero) is 1. The highest BCUT2D eigenvalue weighted by Gasteiger charge is 2.21. The minimum absolute atomic E-state index is 0.0690. The van der Waals surface area contributed by atoms with Gasteiger partial charge in [-0.2, -0.15) is 5.10 Å². The van der Waals surface area contributed by atoms with Crippen molar-refractivity contribution in [1.82, 2.24) is 14.6 Å². The van der Waals surface area contributed by atoms with Gasteiger partial charge in [-0.15, -0.1) is 0 Å². The summed E-state index contributed by atoms with van der Waals surface area (Å²) in [6, 6.07) is 5.15. The Hall–Kier alpha value is -3.42. The van der Waals surface area contributed by atoms with Gasteiger partial charge < -0.3 is 15.2 Å². The second kappa shape index (κ2) is 7.45. The van der Waals surface area contributed by atoms with E-state index in [1.807, 2.05) is 0 Å². The normalized spacial score (nSPS) is 10.8. The molecule has 2 aromatic heterocycles. The number of carbonyl (C=O) groups excluding carboxylic acids is 2. The van der Waals surface area contributed by atoms with Crippen LogP contribution < -0.4 is 5.32 Å². The molecule has 0 fully saturated rings. The number of rotatable bonds is 6. The van der Waals surface area contributed by atoms with E-state index in [1.54, 1.807) is 38.2 Å². The van der Waals surface area contributed by atoms with Crippen LogP contribution in [0.1, 0.15) is 35.3 Å². The molecule has 0 atom stereocenters. The fourth-order valence-corrected chi connectivity index (χ4v) is 2.83. The highest BCUT2D eigenvalue weighted by atomic mass is 16.5. The van der Waals surface area contributed by atoms with Crippen LogP contribution in [0.3, 0.4) is 0 Å². The number of aryl methyl sites for hydroxylation is 1. The first-order valence-electron chi connectivity index (χ1n) is 8.49. The van der Waals surface area contributed by atoms with E-state index in [-0.39, 0.29) is 24.6 Å². The van der Waals surface area contributed by atoms with E-state index >= 15 is 0 Å². The molecule has 0 saturated heterocycles. The van der Waals surface area contributed by atoms with E-state index in [2.05, 4.69) is 15.4 Å². The molecule has 0 aliphatic rings. The number of esters is 1. The molecule has 3 rings (SSSR count). The largest absolute Gasteiger partial charge is 0.508 e. The lowest BCUT2D eigenvalue weighted by Crippen LogP contribution is -2.10. The number of hydrogen-bond donors (Lipinski definition) is 2. The number of aromatic nitrogens is 3. The third-order valence-corrected chi connectivity index (χ3v) is 4.16. The highest BCUT2D eigenvalue weighted by molar-refractivity contribution is 6.00. The molecule has 0 amide bonds. The minimum atomic E-state index is -0.434. The van der Waals surface area contributed by atoms with Crippen molar-refractivity contribution < 1.29 is 19.4 Å². The van der Waals surface area contributed by atoms with Crippen LogP contribution in [0.15, 0.2) is 30.7 Å². The number of anilines is 2. The van der Waals surface area contributed by atoms with Gasteiger partial charge in [0.05, 0.1) is 13.0 Å². The molecule has 0 aliphatic carbocycles. The van der Waals surface area contributed by atoms with E-state index in [0.29, 0.717) is 28.1 Å². The first kappa shape index (κ1) is 18.4. The number of nitrogens with one attached hydrogen (secondary N) is 1. The number of fused-ring (bicyclic) bond motifs is 1. The van der Waals surface area contributed by atoms with Gasteiger partial charge in [0.25, 0.3) is 0 Å². The van der Waals surface area contributed by atoms with Gasteiger partial charge in [-0.05, 0) is 32.4 Å².